The van der Waals surface area contributed by atoms with Crippen molar-refractivity contribution in [3.8, 4) is 0 Å². The summed E-state index contributed by atoms with van der Waals surface area (Å²) in [6.45, 7) is 1.43. The lowest BCUT2D eigenvalue weighted by Gasteiger charge is -2.09. The van der Waals surface area contributed by atoms with E-state index in [1.54, 1.807) is 19.2 Å². The van der Waals surface area contributed by atoms with Gasteiger partial charge in [0.25, 0.3) is 0 Å². The summed E-state index contributed by atoms with van der Waals surface area (Å²) >= 11 is 0. The molecule has 4 aromatic rings. The van der Waals surface area contributed by atoms with Gasteiger partial charge in [-0.05, 0) is 24.3 Å². The van der Waals surface area contributed by atoms with Crippen LogP contribution in [0.25, 0.3) is 22.0 Å². The highest BCUT2D eigenvalue weighted by Crippen LogP contribution is 2.22. The number of hydrogen-bond donors (Lipinski definition) is 1. The van der Waals surface area contributed by atoms with E-state index in [-0.39, 0.29) is 36.8 Å². The van der Waals surface area contributed by atoms with Gasteiger partial charge in [-0.3, -0.25) is 18.7 Å². The van der Waals surface area contributed by atoms with Crippen molar-refractivity contribution in [1.29, 1.82) is 0 Å². The zero-order chi connectivity index (χ0) is 22.8. The summed E-state index contributed by atoms with van der Waals surface area (Å²) in [6.07, 6.45) is -0.0000325. The number of hydrogen-bond acceptors (Lipinski definition) is 6. The van der Waals surface area contributed by atoms with Crippen molar-refractivity contribution in [2.24, 2.45) is 7.05 Å². The minimum Gasteiger partial charge on any atom is -0.461 e. The monoisotopic (exact) mass is 435 g/mol. The van der Waals surface area contributed by atoms with E-state index in [0.29, 0.717) is 16.6 Å². The number of imidazole rings is 1. The van der Waals surface area contributed by atoms with Crippen LogP contribution in [0.15, 0.2) is 62.5 Å². The number of anilines is 1. The number of carbonyl (C=O) groups is 2. The molecule has 0 fully saturated rings. The Morgan fingerprint density at radius 3 is 2.56 bits per heavy atom. The first-order valence-corrected chi connectivity index (χ1v) is 9.98. The Labute approximate surface area is 181 Å². The van der Waals surface area contributed by atoms with E-state index in [2.05, 4.69) is 5.32 Å². The van der Waals surface area contributed by atoms with Gasteiger partial charge in [0, 0.05) is 49.3 Å². The molecule has 0 unspecified atom stereocenters. The molecular formula is C23H21N3O6. The van der Waals surface area contributed by atoms with Gasteiger partial charge in [-0.25, -0.2) is 9.59 Å². The van der Waals surface area contributed by atoms with Crippen LogP contribution in [-0.4, -0.2) is 21.0 Å². The van der Waals surface area contributed by atoms with Crippen LogP contribution < -0.4 is 16.6 Å². The third kappa shape index (κ3) is 4.18. The summed E-state index contributed by atoms with van der Waals surface area (Å²) in [5, 5.41) is 3.22. The minimum absolute atomic E-state index is 0.0000325. The van der Waals surface area contributed by atoms with E-state index < -0.39 is 11.6 Å². The molecule has 2 aromatic carbocycles. The van der Waals surface area contributed by atoms with E-state index in [0.717, 1.165) is 11.0 Å². The lowest BCUT2D eigenvalue weighted by Crippen LogP contribution is -2.23. The second-order valence-electron chi connectivity index (χ2n) is 7.38. The van der Waals surface area contributed by atoms with Gasteiger partial charge in [0.2, 0.25) is 5.91 Å². The normalized spacial score (nSPS) is 11.1. The molecule has 0 saturated carbocycles. The molecule has 0 radical (unpaired) electrons. The Bertz CT molecular complexity index is 1460. The maximum absolute atomic E-state index is 12.5. The van der Waals surface area contributed by atoms with E-state index in [9.17, 15) is 19.2 Å². The summed E-state index contributed by atoms with van der Waals surface area (Å²) in [5.74, 6) is -0.747. The molecule has 9 nitrogen and oxygen atoms in total. The van der Waals surface area contributed by atoms with E-state index in [1.165, 1.54) is 28.2 Å². The molecule has 164 valence electrons. The maximum atomic E-state index is 12.5. The molecule has 0 aliphatic rings. The van der Waals surface area contributed by atoms with Gasteiger partial charge < -0.3 is 14.5 Å². The molecule has 9 heteroatoms. The third-order valence-corrected chi connectivity index (χ3v) is 5.13. The van der Waals surface area contributed by atoms with E-state index in [4.69, 9.17) is 9.15 Å². The molecule has 0 saturated heterocycles. The van der Waals surface area contributed by atoms with Crippen LogP contribution in [0, 0.1) is 0 Å². The van der Waals surface area contributed by atoms with Crippen molar-refractivity contribution in [3.05, 3.63) is 75.0 Å². The number of esters is 1. The summed E-state index contributed by atoms with van der Waals surface area (Å²) < 4.78 is 13.6. The minimum atomic E-state index is -0.592. The molecule has 1 N–H and O–H groups in total. The van der Waals surface area contributed by atoms with Crippen LogP contribution in [0.4, 0.5) is 5.69 Å². The molecule has 2 heterocycles. The van der Waals surface area contributed by atoms with Crippen molar-refractivity contribution in [1.82, 2.24) is 9.13 Å². The fourth-order valence-corrected chi connectivity index (χ4v) is 3.64. The van der Waals surface area contributed by atoms with Gasteiger partial charge in [0.1, 0.15) is 12.2 Å². The zero-order valence-electron chi connectivity index (χ0n) is 17.6. The summed E-state index contributed by atoms with van der Waals surface area (Å²) in [7, 11) is 1.68. The third-order valence-electron chi connectivity index (χ3n) is 5.13. The first kappa shape index (κ1) is 21.1. The highest BCUT2D eigenvalue weighted by Gasteiger charge is 2.13. The number of benzene rings is 2. The predicted molar refractivity (Wildman–Crippen MR) is 118 cm³/mol. The second kappa shape index (κ2) is 8.54. The number of nitrogens with zero attached hydrogens (tertiary/aromatic N) is 2. The fourth-order valence-electron chi connectivity index (χ4n) is 3.64. The average molecular weight is 435 g/mol. The van der Waals surface area contributed by atoms with Crippen LogP contribution in [0.1, 0.15) is 18.9 Å². The molecule has 0 atom stereocenters. The lowest BCUT2D eigenvalue weighted by atomic mass is 10.1. The fraction of sp³-hybridized carbons (Fsp3) is 0.217. The molecule has 32 heavy (non-hydrogen) atoms. The standard InChI is InChI=1S/C23H21N3O6/c1-14(27)24-16-7-8-17-15(11-22(29)32-20(17)12-16)13-31-21(28)9-10-26-19-6-4-3-5-18(19)25(2)23(26)30/h3-8,11-12H,9-10,13H2,1-2H3,(H,24,27). The first-order chi connectivity index (χ1) is 15.3. The largest absolute Gasteiger partial charge is 0.461 e. The van der Waals surface area contributed by atoms with Gasteiger partial charge in [-0.15, -0.1) is 0 Å². The van der Waals surface area contributed by atoms with Crippen molar-refractivity contribution in [3.63, 3.8) is 0 Å². The Morgan fingerprint density at radius 2 is 1.81 bits per heavy atom. The molecule has 4 rings (SSSR count). The number of fused-ring (bicyclic) bond motifs is 2. The van der Waals surface area contributed by atoms with Crippen LogP contribution in [0.2, 0.25) is 0 Å². The Hall–Kier alpha value is -4.14. The van der Waals surface area contributed by atoms with Gasteiger partial charge in [-0.1, -0.05) is 12.1 Å². The van der Waals surface area contributed by atoms with Crippen LogP contribution >= 0.6 is 0 Å². The van der Waals surface area contributed by atoms with Crippen molar-refractivity contribution >= 4 is 39.6 Å². The lowest BCUT2D eigenvalue weighted by molar-refractivity contribution is -0.145. The Balaban J connectivity index is 1.48. The van der Waals surface area contributed by atoms with Crippen molar-refractivity contribution in [2.45, 2.75) is 26.5 Å². The number of rotatable bonds is 6. The van der Waals surface area contributed by atoms with Crippen molar-refractivity contribution < 1.29 is 18.7 Å². The number of para-hydroxylation sites is 2. The molecule has 0 spiro atoms. The molecule has 0 bridgehead atoms. The van der Waals surface area contributed by atoms with Gasteiger partial charge in [-0.2, -0.15) is 0 Å². The summed E-state index contributed by atoms with van der Waals surface area (Å²) in [5.41, 5.74) is 1.98. The van der Waals surface area contributed by atoms with Crippen LogP contribution in [-0.2, 0) is 34.5 Å². The number of amides is 1. The topological polar surface area (TPSA) is 113 Å². The molecule has 0 aliphatic carbocycles. The van der Waals surface area contributed by atoms with Gasteiger partial charge in [0.15, 0.2) is 0 Å². The van der Waals surface area contributed by atoms with Gasteiger partial charge in [0.05, 0.1) is 17.5 Å². The number of nitrogens with one attached hydrogen (secondary N) is 1. The zero-order valence-corrected chi connectivity index (χ0v) is 17.6. The first-order valence-electron chi connectivity index (χ1n) is 9.98. The van der Waals surface area contributed by atoms with Crippen LogP contribution in [0.5, 0.6) is 0 Å². The highest BCUT2D eigenvalue weighted by molar-refractivity contribution is 5.92. The van der Waals surface area contributed by atoms with E-state index in [1.807, 2.05) is 24.3 Å². The Kier molecular flexibility index (Phi) is 5.63. The predicted octanol–water partition coefficient (Wildman–Crippen LogP) is 2.54. The molecular weight excluding hydrogens is 414 g/mol. The quantitative estimate of drug-likeness (QED) is 0.368. The number of ether oxygens (including phenoxy) is 1. The smallest absolute Gasteiger partial charge is 0.336 e. The van der Waals surface area contributed by atoms with Crippen molar-refractivity contribution in [2.75, 3.05) is 5.32 Å². The maximum Gasteiger partial charge on any atom is 0.336 e. The summed E-state index contributed by atoms with van der Waals surface area (Å²) in [6, 6.07) is 13.5. The highest BCUT2D eigenvalue weighted by atomic mass is 16.5. The molecule has 2 aromatic heterocycles. The number of aryl methyl sites for hydroxylation is 2. The molecule has 1 amide bonds. The Morgan fingerprint density at radius 1 is 1.06 bits per heavy atom. The number of carbonyl (C=O) groups excluding carboxylic acids is 2. The average Bonchev–Trinajstić information content (AvgIpc) is 3.00. The second-order valence-corrected chi connectivity index (χ2v) is 7.38. The summed E-state index contributed by atoms with van der Waals surface area (Å²) in [4.78, 5) is 48.0. The van der Waals surface area contributed by atoms with Gasteiger partial charge >= 0.3 is 17.3 Å². The SMILES string of the molecule is CC(=O)Nc1ccc2c(COC(=O)CCn3c(=O)n(C)c4ccccc43)cc(=O)oc2c1. The molecule has 0 aliphatic heterocycles. The van der Waals surface area contributed by atoms with E-state index >= 15 is 0 Å². The number of aromatic nitrogens is 2. The van der Waals surface area contributed by atoms with Crippen LogP contribution in [0.3, 0.4) is 0 Å².